The van der Waals surface area contributed by atoms with Crippen LogP contribution in [0.25, 0.3) is 0 Å². The summed E-state index contributed by atoms with van der Waals surface area (Å²) < 4.78 is 0. The lowest BCUT2D eigenvalue weighted by Crippen LogP contribution is -2.80. The standard InChI is InChI=1S/C20H28O3/c1-6-16(3)7-8-17(4)10(2)20-12(22)11(21)9-19(13(17)20)14(20)18(19,5)15(16)23/h6,10-11,13-15,21,23H,1,7-9H2,2-5H3/t10-,11-,13-,14+,15+,16+,17+,18-,19+,20-/m0/s1. The van der Waals surface area contributed by atoms with Crippen molar-refractivity contribution in [2.24, 2.45) is 44.8 Å². The maximum Gasteiger partial charge on any atom is 0.168 e. The van der Waals surface area contributed by atoms with Gasteiger partial charge in [-0.2, -0.15) is 0 Å². The summed E-state index contributed by atoms with van der Waals surface area (Å²) in [5.41, 5.74) is -0.769. The van der Waals surface area contributed by atoms with Gasteiger partial charge in [0.15, 0.2) is 5.78 Å². The normalized spacial score (nSPS) is 71.2. The molecule has 3 heteroatoms. The first-order valence-corrected chi connectivity index (χ1v) is 9.14. The van der Waals surface area contributed by atoms with Crippen LogP contribution < -0.4 is 0 Å². The Bertz CT molecular complexity index is 672. The van der Waals surface area contributed by atoms with E-state index in [0.717, 1.165) is 12.8 Å². The summed E-state index contributed by atoms with van der Waals surface area (Å²) in [5.74, 6) is 1.02. The molecule has 1 spiro atoms. The van der Waals surface area contributed by atoms with Gasteiger partial charge in [0.05, 0.1) is 6.10 Å². The molecule has 0 heterocycles. The first-order valence-electron chi connectivity index (χ1n) is 9.14. The molecule has 0 amide bonds. The van der Waals surface area contributed by atoms with Crippen LogP contribution in [-0.4, -0.2) is 28.2 Å². The van der Waals surface area contributed by atoms with Crippen LogP contribution in [0.4, 0.5) is 0 Å². The maximum atomic E-state index is 13.0. The van der Waals surface area contributed by atoms with Crippen LogP contribution in [0.5, 0.6) is 0 Å². The minimum atomic E-state index is -0.821. The van der Waals surface area contributed by atoms with Gasteiger partial charge < -0.3 is 10.2 Å². The van der Waals surface area contributed by atoms with Gasteiger partial charge in [-0.15, -0.1) is 6.58 Å². The van der Waals surface area contributed by atoms with E-state index in [2.05, 4.69) is 34.3 Å². The van der Waals surface area contributed by atoms with Crippen LogP contribution in [0, 0.1) is 44.8 Å². The van der Waals surface area contributed by atoms with E-state index >= 15 is 0 Å². The molecule has 5 saturated carbocycles. The fourth-order valence-electron chi connectivity index (χ4n) is 8.98. The van der Waals surface area contributed by atoms with Crippen molar-refractivity contribution in [3.63, 3.8) is 0 Å². The smallest absolute Gasteiger partial charge is 0.168 e. The molecule has 3 nitrogen and oxygen atoms in total. The Morgan fingerprint density at radius 1 is 1.17 bits per heavy atom. The highest BCUT2D eigenvalue weighted by Gasteiger charge is 3.04. The van der Waals surface area contributed by atoms with Gasteiger partial charge in [0.1, 0.15) is 6.10 Å². The zero-order valence-electron chi connectivity index (χ0n) is 14.6. The zero-order chi connectivity index (χ0) is 16.8. The molecule has 0 aliphatic heterocycles. The van der Waals surface area contributed by atoms with Crippen molar-refractivity contribution in [3.05, 3.63) is 12.7 Å². The monoisotopic (exact) mass is 316 g/mol. The second-order valence-electron chi connectivity index (χ2n) is 10.0. The highest BCUT2D eigenvalue weighted by atomic mass is 16.3. The van der Waals surface area contributed by atoms with Crippen LogP contribution in [-0.2, 0) is 4.79 Å². The van der Waals surface area contributed by atoms with E-state index in [9.17, 15) is 15.0 Å². The number of aliphatic hydroxyl groups excluding tert-OH is 2. The highest BCUT2D eigenvalue weighted by molar-refractivity contribution is 5.97. The van der Waals surface area contributed by atoms with Crippen molar-refractivity contribution >= 4 is 5.78 Å². The molecule has 0 aromatic carbocycles. The third-order valence-electron chi connectivity index (χ3n) is 9.99. The van der Waals surface area contributed by atoms with Gasteiger partial charge in [-0.25, -0.2) is 0 Å². The maximum absolute atomic E-state index is 13.0. The number of hydrogen-bond acceptors (Lipinski definition) is 3. The van der Waals surface area contributed by atoms with Gasteiger partial charge in [0, 0.05) is 16.2 Å². The molecular formula is C20H28O3. The van der Waals surface area contributed by atoms with Crippen LogP contribution in [0.3, 0.4) is 0 Å². The molecule has 5 aliphatic carbocycles. The second kappa shape index (κ2) is 3.35. The number of fused-ring (bicyclic) bond motifs is 1. The van der Waals surface area contributed by atoms with E-state index in [0.29, 0.717) is 18.3 Å². The summed E-state index contributed by atoms with van der Waals surface area (Å²) in [6, 6.07) is 0. The Labute approximate surface area is 138 Å². The predicted octanol–water partition coefficient (Wildman–Crippen LogP) is 2.56. The van der Waals surface area contributed by atoms with E-state index in [1.165, 1.54) is 0 Å². The fraction of sp³-hybridized carbons (Fsp3) is 0.850. The topological polar surface area (TPSA) is 57.5 Å². The lowest BCUT2D eigenvalue weighted by Gasteiger charge is -2.78. The molecule has 0 unspecified atom stereocenters. The molecular weight excluding hydrogens is 288 g/mol. The minimum Gasteiger partial charge on any atom is -0.392 e. The summed E-state index contributed by atoms with van der Waals surface area (Å²) in [6.07, 6.45) is 3.16. The van der Waals surface area contributed by atoms with Crippen LogP contribution in [0.1, 0.15) is 47.0 Å². The lowest BCUT2D eigenvalue weighted by molar-refractivity contribution is -0.307. The Balaban J connectivity index is 1.75. The van der Waals surface area contributed by atoms with Gasteiger partial charge >= 0.3 is 0 Å². The number of aliphatic hydroxyl groups is 2. The molecule has 10 atom stereocenters. The Kier molecular flexibility index (Phi) is 2.13. The van der Waals surface area contributed by atoms with Gasteiger partial charge in [0.2, 0.25) is 0 Å². The van der Waals surface area contributed by atoms with E-state index in [4.69, 9.17) is 0 Å². The molecule has 5 aliphatic rings. The number of ketones is 1. The molecule has 5 fully saturated rings. The van der Waals surface area contributed by atoms with E-state index < -0.39 is 12.2 Å². The summed E-state index contributed by atoms with van der Waals surface area (Å²) >= 11 is 0. The first-order chi connectivity index (χ1) is 10.6. The van der Waals surface area contributed by atoms with Gasteiger partial charge in [-0.3, -0.25) is 4.79 Å². The van der Waals surface area contributed by atoms with Crippen molar-refractivity contribution < 1.29 is 15.0 Å². The third kappa shape index (κ3) is 0.955. The predicted molar refractivity (Wildman–Crippen MR) is 86.4 cm³/mol. The number of rotatable bonds is 1. The molecule has 5 rings (SSSR count). The van der Waals surface area contributed by atoms with E-state index in [1.807, 2.05) is 6.08 Å². The van der Waals surface area contributed by atoms with Crippen LogP contribution in [0.15, 0.2) is 12.7 Å². The lowest BCUT2D eigenvalue weighted by atomic mass is 9.24. The number of carbonyl (C=O) groups excluding carboxylic acids is 1. The molecule has 0 aromatic heterocycles. The van der Waals surface area contributed by atoms with Crippen LogP contribution >= 0.6 is 0 Å². The number of Topliss-reactive ketones (excluding diaryl/α,β-unsaturated/α-hetero) is 1. The second-order valence-corrected chi connectivity index (χ2v) is 10.0. The molecule has 126 valence electrons. The fourth-order valence-corrected chi connectivity index (χ4v) is 8.98. The summed E-state index contributed by atoms with van der Waals surface area (Å²) in [5, 5.41) is 21.8. The SMILES string of the molecule is C=C[C@]1(C)CC[C@@]2(C)[C@@H]3[C@@]4(C(=O)[C@@H](O)C[C@]35[C@H]4[C@@]5(C)[C@@H]1O)[C@H]2C. The average Bonchev–Trinajstić information content (AvgIpc) is 2.96. The quantitative estimate of drug-likeness (QED) is 0.731. The van der Waals surface area contributed by atoms with Crippen molar-refractivity contribution in [1.82, 2.24) is 0 Å². The molecule has 2 N–H and O–H groups in total. The molecule has 0 radical (unpaired) electrons. The van der Waals surface area contributed by atoms with Crippen molar-refractivity contribution in [3.8, 4) is 0 Å². The van der Waals surface area contributed by atoms with E-state index in [1.54, 1.807) is 0 Å². The zero-order valence-corrected chi connectivity index (χ0v) is 14.6. The Morgan fingerprint density at radius 3 is 2.43 bits per heavy atom. The summed E-state index contributed by atoms with van der Waals surface area (Å²) in [7, 11) is 0. The van der Waals surface area contributed by atoms with E-state index in [-0.39, 0.29) is 38.8 Å². The van der Waals surface area contributed by atoms with Gasteiger partial charge in [-0.05, 0) is 47.8 Å². The number of hydrogen-bond donors (Lipinski definition) is 2. The largest absolute Gasteiger partial charge is 0.392 e. The minimum absolute atomic E-state index is 0.0221. The average molecular weight is 316 g/mol. The summed E-state index contributed by atoms with van der Waals surface area (Å²) in [4.78, 5) is 13.0. The van der Waals surface area contributed by atoms with Crippen molar-refractivity contribution in [2.75, 3.05) is 0 Å². The number of carbonyl (C=O) groups is 1. The van der Waals surface area contributed by atoms with Gasteiger partial charge in [-0.1, -0.05) is 33.8 Å². The van der Waals surface area contributed by atoms with Crippen molar-refractivity contribution in [1.29, 1.82) is 0 Å². The first kappa shape index (κ1) is 14.7. The van der Waals surface area contributed by atoms with Crippen LogP contribution in [0.2, 0.25) is 0 Å². The Morgan fingerprint density at radius 2 is 1.83 bits per heavy atom. The third-order valence-corrected chi connectivity index (χ3v) is 9.99. The molecule has 0 aromatic rings. The Hall–Kier alpha value is -0.670. The molecule has 23 heavy (non-hydrogen) atoms. The molecule has 2 bridgehead atoms. The van der Waals surface area contributed by atoms with Crippen molar-refractivity contribution in [2.45, 2.75) is 59.2 Å². The summed E-state index contributed by atoms with van der Waals surface area (Å²) in [6.45, 7) is 12.9. The molecule has 0 saturated heterocycles. The highest BCUT2D eigenvalue weighted by Crippen LogP contribution is 3.03. The van der Waals surface area contributed by atoms with Gasteiger partial charge in [0.25, 0.3) is 0 Å².